The summed E-state index contributed by atoms with van der Waals surface area (Å²) >= 11 is 0. The molecule has 4 atom stereocenters. The molecule has 3 aliphatic carbocycles. The summed E-state index contributed by atoms with van der Waals surface area (Å²) in [5.41, 5.74) is 0.557. The van der Waals surface area contributed by atoms with Crippen molar-refractivity contribution in [1.29, 1.82) is 0 Å². The van der Waals surface area contributed by atoms with E-state index in [1.807, 2.05) is 0 Å². The molecule has 3 aliphatic rings. The Morgan fingerprint density at radius 2 is 1.46 bits per heavy atom. The summed E-state index contributed by atoms with van der Waals surface area (Å²) in [5.74, 6) is 2.91. The summed E-state index contributed by atoms with van der Waals surface area (Å²) in [5, 5.41) is 0. The van der Waals surface area contributed by atoms with Crippen LogP contribution in [0.1, 0.15) is 121 Å². The van der Waals surface area contributed by atoms with E-state index in [0.29, 0.717) is 11.5 Å². The van der Waals surface area contributed by atoms with Gasteiger partial charge in [-0.15, -0.1) is 0 Å². The van der Waals surface area contributed by atoms with Gasteiger partial charge in [-0.3, -0.25) is 0 Å². The zero-order valence-electron chi connectivity index (χ0n) is 22.1. The van der Waals surface area contributed by atoms with Gasteiger partial charge in [-0.25, -0.2) is 4.39 Å². The normalized spacial score (nSPS) is 31.1. The molecular weight excluding hydrogens is 438 g/mol. The zero-order valence-corrected chi connectivity index (χ0v) is 22.1. The van der Waals surface area contributed by atoms with Gasteiger partial charge < -0.3 is 4.74 Å². The molecule has 0 aromatic heterocycles. The van der Waals surface area contributed by atoms with Gasteiger partial charge in [-0.2, -0.15) is 4.39 Å². The van der Waals surface area contributed by atoms with E-state index in [1.54, 1.807) is 18.2 Å². The van der Waals surface area contributed by atoms with E-state index >= 15 is 0 Å². The lowest BCUT2D eigenvalue weighted by Gasteiger charge is -2.45. The molecule has 0 amide bonds. The maximum absolute atomic E-state index is 14.9. The number of fused-ring (bicyclic) bond motifs is 1. The Bertz CT molecular complexity index is 797. The van der Waals surface area contributed by atoms with E-state index in [4.69, 9.17) is 4.74 Å². The number of halogens is 2. The first-order chi connectivity index (χ1) is 17.1. The average Bonchev–Trinajstić information content (AvgIpc) is 2.89. The molecule has 4 unspecified atom stereocenters. The minimum absolute atomic E-state index is 0.00782. The highest BCUT2D eigenvalue weighted by Gasteiger charge is 2.39. The third kappa shape index (κ3) is 6.89. The molecule has 196 valence electrons. The van der Waals surface area contributed by atoms with Crippen LogP contribution in [0, 0.1) is 41.2 Å². The van der Waals surface area contributed by atoms with E-state index in [9.17, 15) is 8.78 Å². The Balaban J connectivity index is 1.23. The molecule has 3 fully saturated rings. The predicted octanol–water partition coefficient (Wildman–Crippen LogP) is 10.00. The van der Waals surface area contributed by atoms with Crippen LogP contribution in [-0.2, 0) is 0 Å². The standard InChI is InChI=1S/C32H48F2O/c1-3-5-6-7-8-9-23-10-12-24(13-11-23)25-14-15-27-22-28(17-16-26(27)21-25)29-18-19-30(35-20-4-2)32(34)31(29)33/h4,18-19,23-28H,2-3,5-17,20-22H2,1H3. The van der Waals surface area contributed by atoms with Gasteiger partial charge >= 0.3 is 0 Å². The van der Waals surface area contributed by atoms with Crippen LogP contribution >= 0.6 is 0 Å². The zero-order chi connectivity index (χ0) is 24.6. The minimum atomic E-state index is -0.841. The first kappa shape index (κ1) is 26.7. The van der Waals surface area contributed by atoms with E-state index < -0.39 is 11.6 Å². The van der Waals surface area contributed by atoms with Crippen molar-refractivity contribution in [1.82, 2.24) is 0 Å². The van der Waals surface area contributed by atoms with Crippen molar-refractivity contribution in [3.63, 3.8) is 0 Å². The second kappa shape index (κ2) is 13.2. The second-order valence-electron chi connectivity index (χ2n) is 12.0. The third-order valence-electron chi connectivity index (χ3n) is 9.80. The number of benzene rings is 1. The maximum Gasteiger partial charge on any atom is 0.200 e. The molecule has 3 heteroatoms. The van der Waals surface area contributed by atoms with Crippen LogP contribution in [0.3, 0.4) is 0 Å². The highest BCUT2D eigenvalue weighted by molar-refractivity contribution is 5.33. The summed E-state index contributed by atoms with van der Waals surface area (Å²) in [6.07, 6.45) is 23.1. The van der Waals surface area contributed by atoms with Gasteiger partial charge in [0.1, 0.15) is 6.61 Å². The molecular formula is C32H48F2O. The molecule has 35 heavy (non-hydrogen) atoms. The van der Waals surface area contributed by atoms with Gasteiger partial charge in [0.15, 0.2) is 11.6 Å². The summed E-state index contributed by atoms with van der Waals surface area (Å²) in [7, 11) is 0. The number of unbranched alkanes of at least 4 members (excludes halogenated alkanes) is 4. The van der Waals surface area contributed by atoms with Crippen LogP contribution in [0.4, 0.5) is 8.78 Å². The molecule has 0 saturated heterocycles. The van der Waals surface area contributed by atoms with Gasteiger partial charge in [0.05, 0.1) is 0 Å². The van der Waals surface area contributed by atoms with Gasteiger partial charge in [0.2, 0.25) is 5.82 Å². The monoisotopic (exact) mass is 486 g/mol. The molecule has 0 heterocycles. The van der Waals surface area contributed by atoms with E-state index in [0.717, 1.165) is 36.5 Å². The smallest absolute Gasteiger partial charge is 0.200 e. The van der Waals surface area contributed by atoms with Crippen molar-refractivity contribution in [2.75, 3.05) is 6.61 Å². The van der Waals surface area contributed by atoms with Crippen LogP contribution in [0.5, 0.6) is 5.75 Å². The van der Waals surface area contributed by atoms with Crippen LogP contribution in [0.2, 0.25) is 0 Å². The van der Waals surface area contributed by atoms with Crippen LogP contribution in [0.15, 0.2) is 24.8 Å². The van der Waals surface area contributed by atoms with Crippen molar-refractivity contribution < 1.29 is 13.5 Å². The fourth-order valence-corrected chi connectivity index (χ4v) is 7.74. The summed E-state index contributed by atoms with van der Waals surface area (Å²) in [6.45, 7) is 6.05. The molecule has 3 saturated carbocycles. The van der Waals surface area contributed by atoms with E-state index in [-0.39, 0.29) is 18.3 Å². The van der Waals surface area contributed by atoms with E-state index in [1.165, 1.54) is 89.9 Å². The molecule has 1 nitrogen and oxygen atoms in total. The van der Waals surface area contributed by atoms with E-state index in [2.05, 4.69) is 13.5 Å². The largest absolute Gasteiger partial charge is 0.486 e. The fourth-order valence-electron chi connectivity index (χ4n) is 7.74. The third-order valence-corrected chi connectivity index (χ3v) is 9.80. The molecule has 1 aromatic carbocycles. The predicted molar refractivity (Wildman–Crippen MR) is 142 cm³/mol. The number of hydrogen-bond donors (Lipinski definition) is 0. The van der Waals surface area contributed by atoms with Gasteiger partial charge in [-0.05, 0) is 98.5 Å². The highest BCUT2D eigenvalue weighted by Crippen LogP contribution is 2.51. The molecule has 0 N–H and O–H groups in total. The summed E-state index contributed by atoms with van der Waals surface area (Å²) in [6, 6.07) is 3.36. The molecule has 1 aromatic rings. The van der Waals surface area contributed by atoms with Crippen molar-refractivity contribution in [2.45, 2.75) is 116 Å². The van der Waals surface area contributed by atoms with Crippen molar-refractivity contribution >= 4 is 0 Å². The number of rotatable bonds is 11. The fraction of sp³-hybridized carbons (Fsp3) is 0.750. The molecule has 0 spiro atoms. The van der Waals surface area contributed by atoms with Crippen LogP contribution in [-0.4, -0.2) is 6.61 Å². The number of hydrogen-bond acceptors (Lipinski definition) is 1. The lowest BCUT2D eigenvalue weighted by molar-refractivity contribution is 0.0705. The SMILES string of the molecule is C=CCOc1ccc(C2CCC3CC(C4CCC(CCCCCCC)CC4)CCC3C2)c(F)c1F. The Kier molecular flexibility index (Phi) is 10.1. The molecule has 4 rings (SSSR count). The lowest BCUT2D eigenvalue weighted by atomic mass is 9.60. The van der Waals surface area contributed by atoms with Crippen molar-refractivity contribution in [3.8, 4) is 5.75 Å². The van der Waals surface area contributed by atoms with Crippen molar-refractivity contribution in [2.24, 2.45) is 29.6 Å². The lowest BCUT2D eigenvalue weighted by Crippen LogP contribution is -2.34. The molecule has 0 radical (unpaired) electrons. The van der Waals surface area contributed by atoms with Gasteiger partial charge in [0, 0.05) is 0 Å². The maximum atomic E-state index is 14.9. The Morgan fingerprint density at radius 3 is 2.20 bits per heavy atom. The molecule has 0 aliphatic heterocycles. The highest BCUT2D eigenvalue weighted by atomic mass is 19.2. The Hall–Kier alpha value is -1.38. The average molecular weight is 487 g/mol. The summed E-state index contributed by atoms with van der Waals surface area (Å²) in [4.78, 5) is 0. The topological polar surface area (TPSA) is 9.23 Å². The molecule has 0 bridgehead atoms. The van der Waals surface area contributed by atoms with Crippen molar-refractivity contribution in [3.05, 3.63) is 42.0 Å². The Labute approximate surface area is 213 Å². The van der Waals surface area contributed by atoms with Gasteiger partial charge in [-0.1, -0.05) is 77.0 Å². The van der Waals surface area contributed by atoms with Crippen LogP contribution < -0.4 is 4.74 Å². The summed E-state index contributed by atoms with van der Waals surface area (Å²) < 4.78 is 34.7. The van der Waals surface area contributed by atoms with Gasteiger partial charge in [0.25, 0.3) is 0 Å². The first-order valence-corrected chi connectivity index (χ1v) is 14.8. The second-order valence-corrected chi connectivity index (χ2v) is 12.0. The first-order valence-electron chi connectivity index (χ1n) is 14.8. The number of ether oxygens (including phenoxy) is 1. The minimum Gasteiger partial charge on any atom is -0.486 e. The van der Waals surface area contributed by atoms with Crippen LogP contribution in [0.25, 0.3) is 0 Å². The Morgan fingerprint density at radius 1 is 0.800 bits per heavy atom. The quantitative estimate of drug-likeness (QED) is 0.223.